The van der Waals surface area contributed by atoms with Crippen molar-refractivity contribution in [1.82, 2.24) is 0 Å². The van der Waals surface area contributed by atoms with Crippen molar-refractivity contribution in [2.45, 2.75) is 6.92 Å². The van der Waals surface area contributed by atoms with Crippen molar-refractivity contribution in [3.8, 4) is 5.75 Å². The van der Waals surface area contributed by atoms with Crippen molar-refractivity contribution >= 4 is 12.3 Å². The molecule has 0 aliphatic carbocycles. The van der Waals surface area contributed by atoms with Crippen LogP contribution < -0.4 is 4.74 Å². The fourth-order valence-corrected chi connectivity index (χ4v) is 0.852. The first-order valence-corrected chi connectivity index (χ1v) is 3.57. The quantitative estimate of drug-likeness (QED) is 0.396. The van der Waals surface area contributed by atoms with Gasteiger partial charge in [0.1, 0.15) is 0 Å². The molecule has 0 radical (unpaired) electrons. The van der Waals surface area contributed by atoms with Gasteiger partial charge in [-0.05, 0) is 12.1 Å². The minimum atomic E-state index is -0.812. The second kappa shape index (κ2) is 3.80. The molecule has 4 heteroatoms. The average Bonchev–Trinajstić information content (AvgIpc) is 2.08. The molecule has 0 aromatic heterocycles. The van der Waals surface area contributed by atoms with Gasteiger partial charge in [0.2, 0.25) is 0 Å². The lowest BCUT2D eigenvalue weighted by molar-refractivity contribution is -0.132. The lowest BCUT2D eigenvalue weighted by atomic mass is 10.2. The van der Waals surface area contributed by atoms with E-state index in [2.05, 4.69) is 4.74 Å². The third kappa shape index (κ3) is 2.11. The predicted octanol–water partition coefficient (Wildman–Crippen LogP) is 1.56. The molecular weight excluding hydrogens is 175 g/mol. The lowest BCUT2D eigenvalue weighted by Gasteiger charge is -2.02. The summed E-state index contributed by atoms with van der Waals surface area (Å²) in [6.07, 6.45) is 0.363. The minimum Gasteiger partial charge on any atom is -0.424 e. The van der Waals surface area contributed by atoms with E-state index in [4.69, 9.17) is 0 Å². The molecule has 0 aliphatic rings. The highest BCUT2D eigenvalue weighted by molar-refractivity contribution is 5.77. The average molecular weight is 182 g/mol. The Kier molecular flexibility index (Phi) is 2.74. The Hall–Kier alpha value is -1.71. The van der Waals surface area contributed by atoms with Gasteiger partial charge in [0, 0.05) is 6.92 Å². The number of hydrogen-bond donors (Lipinski definition) is 0. The zero-order valence-corrected chi connectivity index (χ0v) is 6.91. The standard InChI is InChI=1S/C9H7FO3/c1-6(12)13-8-4-2-3-7(5-11)9(8)10/h2-5H,1H3. The molecule has 0 amide bonds. The molecule has 13 heavy (non-hydrogen) atoms. The summed E-state index contributed by atoms with van der Waals surface area (Å²) in [5.74, 6) is -1.66. The van der Waals surface area contributed by atoms with E-state index < -0.39 is 11.8 Å². The molecule has 0 saturated heterocycles. The van der Waals surface area contributed by atoms with Crippen LogP contribution in [0.15, 0.2) is 18.2 Å². The summed E-state index contributed by atoms with van der Waals surface area (Å²) in [5, 5.41) is 0. The molecule has 0 aliphatic heterocycles. The van der Waals surface area contributed by atoms with Crippen LogP contribution >= 0.6 is 0 Å². The molecule has 0 atom stereocenters. The van der Waals surface area contributed by atoms with E-state index in [9.17, 15) is 14.0 Å². The molecule has 0 saturated carbocycles. The largest absolute Gasteiger partial charge is 0.424 e. The van der Waals surface area contributed by atoms with Gasteiger partial charge in [-0.15, -0.1) is 0 Å². The van der Waals surface area contributed by atoms with E-state index in [1.165, 1.54) is 18.2 Å². The van der Waals surface area contributed by atoms with Crippen LogP contribution in [0.25, 0.3) is 0 Å². The van der Waals surface area contributed by atoms with Crippen molar-refractivity contribution < 1.29 is 18.7 Å². The highest BCUT2D eigenvalue weighted by atomic mass is 19.1. The van der Waals surface area contributed by atoms with E-state index in [1.54, 1.807) is 0 Å². The monoisotopic (exact) mass is 182 g/mol. The highest BCUT2D eigenvalue weighted by Crippen LogP contribution is 2.19. The molecule has 3 nitrogen and oxygen atoms in total. The van der Waals surface area contributed by atoms with Gasteiger partial charge in [0.25, 0.3) is 0 Å². The molecule has 1 aromatic rings. The third-order valence-electron chi connectivity index (χ3n) is 1.37. The van der Waals surface area contributed by atoms with E-state index in [-0.39, 0.29) is 11.3 Å². The van der Waals surface area contributed by atoms with Crippen LogP contribution in [0.3, 0.4) is 0 Å². The Bertz CT molecular complexity index is 347. The van der Waals surface area contributed by atoms with Crippen LogP contribution in [-0.4, -0.2) is 12.3 Å². The fraction of sp³-hybridized carbons (Fsp3) is 0.111. The summed E-state index contributed by atoms with van der Waals surface area (Å²) in [6.45, 7) is 1.16. The Labute approximate surface area is 74.1 Å². The first-order valence-electron chi connectivity index (χ1n) is 3.57. The molecular formula is C9H7FO3. The molecule has 0 fully saturated rings. The fourth-order valence-electron chi connectivity index (χ4n) is 0.852. The maximum atomic E-state index is 13.1. The van der Waals surface area contributed by atoms with E-state index in [1.807, 2.05) is 0 Å². The smallest absolute Gasteiger partial charge is 0.308 e. The number of hydrogen-bond acceptors (Lipinski definition) is 3. The zero-order chi connectivity index (χ0) is 9.84. The van der Waals surface area contributed by atoms with Gasteiger partial charge in [-0.3, -0.25) is 9.59 Å². The number of ether oxygens (including phenoxy) is 1. The second-order valence-corrected chi connectivity index (χ2v) is 2.37. The molecule has 0 unspecified atom stereocenters. The summed E-state index contributed by atoms with van der Waals surface area (Å²) >= 11 is 0. The van der Waals surface area contributed by atoms with Crippen LogP contribution in [0.2, 0.25) is 0 Å². The SMILES string of the molecule is CC(=O)Oc1cccc(C=O)c1F. The molecule has 68 valence electrons. The Morgan fingerprint density at radius 3 is 2.77 bits per heavy atom. The van der Waals surface area contributed by atoms with Gasteiger partial charge in [0.15, 0.2) is 17.9 Å². The number of carbonyl (C=O) groups excluding carboxylic acids is 2. The minimum absolute atomic E-state index is 0.126. The Balaban J connectivity index is 3.07. The number of aldehydes is 1. The number of benzene rings is 1. The van der Waals surface area contributed by atoms with E-state index in [0.717, 1.165) is 6.92 Å². The summed E-state index contributed by atoms with van der Waals surface area (Å²) < 4.78 is 17.6. The molecule has 0 heterocycles. The first-order chi connectivity index (χ1) is 6.15. The van der Waals surface area contributed by atoms with Crippen molar-refractivity contribution in [1.29, 1.82) is 0 Å². The maximum Gasteiger partial charge on any atom is 0.308 e. The predicted molar refractivity (Wildman–Crippen MR) is 43.1 cm³/mol. The zero-order valence-electron chi connectivity index (χ0n) is 6.91. The molecule has 0 N–H and O–H groups in total. The summed E-state index contributed by atoms with van der Waals surface area (Å²) in [7, 11) is 0. The van der Waals surface area contributed by atoms with Crippen molar-refractivity contribution in [2.24, 2.45) is 0 Å². The number of carbonyl (C=O) groups is 2. The Morgan fingerprint density at radius 1 is 1.54 bits per heavy atom. The van der Waals surface area contributed by atoms with Crippen molar-refractivity contribution in [3.05, 3.63) is 29.6 Å². The molecule has 0 bridgehead atoms. The van der Waals surface area contributed by atoms with Gasteiger partial charge < -0.3 is 4.74 Å². The van der Waals surface area contributed by atoms with Gasteiger partial charge in [-0.25, -0.2) is 4.39 Å². The summed E-state index contributed by atoms with van der Waals surface area (Å²) in [5.41, 5.74) is -0.126. The summed E-state index contributed by atoms with van der Waals surface area (Å²) in [4.78, 5) is 20.8. The van der Waals surface area contributed by atoms with Crippen LogP contribution in [0.5, 0.6) is 5.75 Å². The first kappa shape index (κ1) is 9.38. The van der Waals surface area contributed by atoms with Crippen LogP contribution in [0, 0.1) is 5.82 Å². The van der Waals surface area contributed by atoms with Crippen molar-refractivity contribution in [2.75, 3.05) is 0 Å². The van der Waals surface area contributed by atoms with Gasteiger partial charge in [-0.2, -0.15) is 0 Å². The molecule has 0 spiro atoms. The lowest BCUT2D eigenvalue weighted by Crippen LogP contribution is -2.04. The van der Waals surface area contributed by atoms with Crippen molar-refractivity contribution in [3.63, 3.8) is 0 Å². The van der Waals surface area contributed by atoms with Crippen LogP contribution in [0.1, 0.15) is 17.3 Å². The number of rotatable bonds is 2. The second-order valence-electron chi connectivity index (χ2n) is 2.37. The van der Waals surface area contributed by atoms with Crippen LogP contribution in [0.4, 0.5) is 4.39 Å². The molecule has 1 rings (SSSR count). The van der Waals surface area contributed by atoms with E-state index in [0.29, 0.717) is 6.29 Å². The third-order valence-corrected chi connectivity index (χ3v) is 1.37. The Morgan fingerprint density at radius 2 is 2.23 bits per heavy atom. The topological polar surface area (TPSA) is 43.4 Å². The number of esters is 1. The van der Waals surface area contributed by atoms with Gasteiger partial charge >= 0.3 is 5.97 Å². The van der Waals surface area contributed by atoms with Crippen LogP contribution in [-0.2, 0) is 4.79 Å². The normalized spacial score (nSPS) is 9.38. The summed E-state index contributed by atoms with van der Waals surface area (Å²) in [6, 6.07) is 4.02. The van der Waals surface area contributed by atoms with Gasteiger partial charge in [0.05, 0.1) is 5.56 Å². The maximum absolute atomic E-state index is 13.1. The molecule has 1 aromatic carbocycles. The van der Waals surface area contributed by atoms with E-state index >= 15 is 0 Å². The van der Waals surface area contributed by atoms with Gasteiger partial charge in [-0.1, -0.05) is 6.07 Å². The highest BCUT2D eigenvalue weighted by Gasteiger charge is 2.09. The number of halogens is 1.